The highest BCUT2D eigenvalue weighted by Crippen LogP contribution is 2.09. The Balaban J connectivity index is 2.95. The van der Waals surface area contributed by atoms with Crippen molar-refractivity contribution in [2.45, 2.75) is 0 Å². The molecule has 1 nitrogen and oxygen atoms in total. The summed E-state index contributed by atoms with van der Waals surface area (Å²) in [5.74, 6) is 0. The molecule has 2 rings (SSSR count). The van der Waals surface area contributed by atoms with Gasteiger partial charge in [-0.05, 0) is 17.5 Å². The van der Waals surface area contributed by atoms with Crippen molar-refractivity contribution in [2.24, 2.45) is 0 Å². The molecule has 9 heavy (non-hydrogen) atoms. The van der Waals surface area contributed by atoms with Gasteiger partial charge in [-0.25, -0.2) is 0 Å². The first-order valence-electron chi connectivity index (χ1n) is 2.99. The van der Waals surface area contributed by atoms with Gasteiger partial charge in [0.1, 0.15) is 0 Å². The van der Waals surface area contributed by atoms with Crippen LogP contribution in [-0.2, 0) is 0 Å². The molecular formula is C8H7N. The van der Waals surface area contributed by atoms with Crippen molar-refractivity contribution in [1.82, 2.24) is 4.98 Å². The Labute approximate surface area is 53.3 Å². The quantitative estimate of drug-likeness (QED) is 0.545. The van der Waals surface area contributed by atoms with Gasteiger partial charge in [0, 0.05) is 11.7 Å². The number of rotatable bonds is 0. The smallest absolute Gasteiger partial charge is 0.0453 e. The van der Waals surface area contributed by atoms with Crippen molar-refractivity contribution in [3.8, 4) is 0 Å². The van der Waals surface area contributed by atoms with Gasteiger partial charge in [0.15, 0.2) is 0 Å². The predicted octanol–water partition coefficient (Wildman–Crippen LogP) is 2.17. The molecule has 0 aliphatic heterocycles. The van der Waals surface area contributed by atoms with Crippen molar-refractivity contribution >= 4 is 10.9 Å². The molecule has 0 radical (unpaired) electrons. The van der Waals surface area contributed by atoms with Gasteiger partial charge in [0.2, 0.25) is 0 Å². The summed E-state index contributed by atoms with van der Waals surface area (Å²) in [6.45, 7) is 0. The van der Waals surface area contributed by atoms with Gasteiger partial charge in [-0.2, -0.15) is 0 Å². The van der Waals surface area contributed by atoms with Crippen molar-refractivity contribution < 1.29 is 0 Å². The van der Waals surface area contributed by atoms with Gasteiger partial charge in [-0.1, -0.05) is 18.2 Å². The highest BCUT2D eigenvalue weighted by molar-refractivity contribution is 5.78. The van der Waals surface area contributed by atoms with Crippen LogP contribution in [-0.4, -0.2) is 4.98 Å². The molecule has 1 aromatic heterocycles. The van der Waals surface area contributed by atoms with E-state index in [4.69, 9.17) is 0 Å². The van der Waals surface area contributed by atoms with Crippen LogP contribution in [0.2, 0.25) is 0 Å². The second kappa shape index (κ2) is 1.62. The van der Waals surface area contributed by atoms with E-state index in [0.717, 1.165) is 0 Å². The lowest BCUT2D eigenvalue weighted by molar-refractivity contribution is 1.48. The predicted molar refractivity (Wildman–Crippen MR) is 38.3 cm³/mol. The Morgan fingerprint density at radius 3 is 2.78 bits per heavy atom. The Bertz CT molecular complexity index is 279. The second-order valence-corrected chi connectivity index (χ2v) is 2.06. The molecule has 1 heteroatoms. The highest BCUT2D eigenvalue weighted by atomic mass is 14.7. The maximum atomic E-state index is 3.12. The van der Waals surface area contributed by atoms with Crippen molar-refractivity contribution in [2.75, 3.05) is 0 Å². The van der Waals surface area contributed by atoms with Gasteiger partial charge in [0.05, 0.1) is 0 Å². The van der Waals surface area contributed by atoms with Crippen LogP contribution >= 0.6 is 0 Å². The molecule has 1 heterocycles. The molecule has 0 saturated carbocycles. The molecule has 44 valence electrons. The van der Waals surface area contributed by atoms with Gasteiger partial charge in [-0.15, -0.1) is 0 Å². The maximum Gasteiger partial charge on any atom is 0.0453 e. The summed E-state index contributed by atoms with van der Waals surface area (Å²) in [6, 6.07) is 10.3. The topological polar surface area (TPSA) is 15.8 Å². The van der Waals surface area contributed by atoms with E-state index < -0.39 is 0 Å². The van der Waals surface area contributed by atoms with E-state index in [1.807, 2.05) is 18.3 Å². The lowest BCUT2D eigenvalue weighted by Crippen LogP contribution is -1.61. The lowest BCUT2D eigenvalue weighted by Gasteiger charge is -1.83. The third kappa shape index (κ3) is 0.617. The summed E-state index contributed by atoms with van der Waals surface area (Å²) in [6.07, 6.45) is 1.95. The Morgan fingerprint density at radius 2 is 1.89 bits per heavy atom. The van der Waals surface area contributed by atoms with Gasteiger partial charge in [0.25, 0.3) is 0 Å². The van der Waals surface area contributed by atoms with Crippen LogP contribution in [0.3, 0.4) is 0 Å². The van der Waals surface area contributed by atoms with Crippen LogP contribution in [0, 0.1) is 0 Å². The van der Waals surface area contributed by atoms with Gasteiger partial charge >= 0.3 is 0 Å². The van der Waals surface area contributed by atoms with Gasteiger partial charge < -0.3 is 4.98 Å². The lowest BCUT2D eigenvalue weighted by atomic mass is 10.3. The molecule has 2 aromatic rings. The first-order valence-corrected chi connectivity index (χ1v) is 2.99. The molecule has 1 N–H and O–H groups in total. The number of aromatic nitrogens is 1. The minimum Gasteiger partial charge on any atom is -0.361 e. The summed E-state index contributed by atoms with van der Waals surface area (Å²) < 4.78 is 0. The number of hydrogen-bond acceptors (Lipinski definition) is 0. The summed E-state index contributed by atoms with van der Waals surface area (Å²) in [5.41, 5.74) is 1.21. The maximum absolute atomic E-state index is 3.12. The zero-order valence-electron chi connectivity index (χ0n) is 4.96. The van der Waals surface area contributed by atoms with E-state index in [-0.39, 0.29) is 0 Å². The fraction of sp³-hybridized carbons (Fsp3) is 0. The summed E-state index contributed by atoms with van der Waals surface area (Å²) in [4.78, 5) is 3.12. The SMILES string of the molecule is c1ccc2[nH]c[13cH]c2c1. The molecule has 0 amide bonds. The largest absolute Gasteiger partial charge is 0.361 e. The normalized spacial score (nSPS) is 10.2. The molecular weight excluding hydrogens is 111 g/mol. The highest BCUT2D eigenvalue weighted by Gasteiger charge is 1.86. The number of para-hydroxylation sites is 1. The van der Waals surface area contributed by atoms with E-state index in [1.165, 1.54) is 10.9 Å². The molecule has 0 unspecified atom stereocenters. The third-order valence-corrected chi connectivity index (χ3v) is 1.46. The zero-order valence-corrected chi connectivity index (χ0v) is 4.96. The first-order chi connectivity index (χ1) is 4.47. The Hall–Kier alpha value is -1.24. The Kier molecular flexibility index (Phi) is 0.833. The molecule has 0 fully saturated rings. The van der Waals surface area contributed by atoms with Crippen LogP contribution in [0.25, 0.3) is 10.9 Å². The molecule has 0 bridgehead atoms. The monoisotopic (exact) mass is 118 g/mol. The van der Waals surface area contributed by atoms with E-state index in [1.54, 1.807) is 0 Å². The van der Waals surface area contributed by atoms with E-state index in [2.05, 4.69) is 23.2 Å². The minimum absolute atomic E-state index is 1.21. The standard InChI is InChI=1S/C8H7N/c1-2-4-8-7(3-1)5-6-9-8/h1-6,9H/i5+1. The Morgan fingerprint density at radius 1 is 1.00 bits per heavy atom. The van der Waals surface area contributed by atoms with Crippen molar-refractivity contribution in [3.63, 3.8) is 0 Å². The minimum atomic E-state index is 1.21. The third-order valence-electron chi connectivity index (χ3n) is 1.46. The zero-order chi connectivity index (χ0) is 6.10. The average molecular weight is 118 g/mol. The second-order valence-electron chi connectivity index (χ2n) is 2.06. The molecule has 0 aliphatic rings. The number of fused-ring (bicyclic) bond motifs is 1. The molecule has 0 aliphatic carbocycles. The number of aromatic amines is 1. The molecule has 0 atom stereocenters. The first kappa shape index (κ1) is 4.62. The molecule has 0 saturated heterocycles. The number of hydrogen-bond donors (Lipinski definition) is 1. The summed E-state index contributed by atoms with van der Waals surface area (Å²) >= 11 is 0. The number of benzene rings is 1. The molecule has 1 aromatic carbocycles. The van der Waals surface area contributed by atoms with Crippen molar-refractivity contribution in [1.29, 1.82) is 0 Å². The van der Waals surface area contributed by atoms with Crippen LogP contribution in [0.5, 0.6) is 0 Å². The molecule has 0 spiro atoms. The van der Waals surface area contributed by atoms with E-state index >= 15 is 0 Å². The van der Waals surface area contributed by atoms with Crippen LogP contribution in [0.15, 0.2) is 36.5 Å². The number of nitrogens with one attached hydrogen (secondary N) is 1. The summed E-state index contributed by atoms with van der Waals surface area (Å²) in [5, 5.41) is 1.28. The fourth-order valence-electron chi connectivity index (χ4n) is 0.995. The van der Waals surface area contributed by atoms with Crippen LogP contribution in [0.1, 0.15) is 0 Å². The van der Waals surface area contributed by atoms with Crippen LogP contribution < -0.4 is 0 Å². The average Bonchev–Trinajstić information content (AvgIpc) is 2.33. The number of H-pyrrole nitrogens is 1. The van der Waals surface area contributed by atoms with Gasteiger partial charge in [-0.3, -0.25) is 0 Å². The van der Waals surface area contributed by atoms with Crippen LogP contribution in [0.4, 0.5) is 0 Å². The van der Waals surface area contributed by atoms with E-state index in [0.29, 0.717) is 0 Å². The fourth-order valence-corrected chi connectivity index (χ4v) is 0.995. The van der Waals surface area contributed by atoms with Crippen molar-refractivity contribution in [3.05, 3.63) is 36.5 Å². The van der Waals surface area contributed by atoms with E-state index in [9.17, 15) is 0 Å². The summed E-state index contributed by atoms with van der Waals surface area (Å²) in [7, 11) is 0.